The average Bonchev–Trinajstić information content (AvgIpc) is 2.35. The maximum absolute atomic E-state index is 11.9. The zero-order valence-corrected chi connectivity index (χ0v) is 10.1. The maximum Gasteiger partial charge on any atom is 0.251 e. The second-order valence-corrected chi connectivity index (χ2v) is 4.25. The largest absolute Gasteiger partial charge is 0.348 e. The Bertz CT molecular complexity index is 417. The molecule has 1 aromatic carbocycles. The molecule has 0 aliphatic heterocycles. The number of hydrogen-bond acceptors (Lipinski definition) is 3. The van der Waals surface area contributed by atoms with E-state index in [0.29, 0.717) is 23.6 Å². The summed E-state index contributed by atoms with van der Waals surface area (Å²) in [4.78, 5) is 11.9. The third-order valence-electron chi connectivity index (χ3n) is 2.65. The molecule has 3 N–H and O–H groups in total. The maximum atomic E-state index is 11.9. The number of carbonyl (C=O) groups is 1. The molecule has 0 saturated carbocycles. The summed E-state index contributed by atoms with van der Waals surface area (Å²) in [5.41, 5.74) is 6.67. The van der Waals surface area contributed by atoms with Crippen LogP contribution >= 0.6 is 0 Å². The van der Waals surface area contributed by atoms with E-state index < -0.39 is 0 Å². The number of nitrogens with zero attached hydrogens (tertiary/aromatic N) is 1. The number of benzene rings is 1. The summed E-state index contributed by atoms with van der Waals surface area (Å²) in [7, 11) is 0. The van der Waals surface area contributed by atoms with Gasteiger partial charge >= 0.3 is 0 Å². The third-order valence-corrected chi connectivity index (χ3v) is 2.65. The summed E-state index contributed by atoms with van der Waals surface area (Å²) in [6.45, 7) is 4.44. The minimum Gasteiger partial charge on any atom is -0.348 e. The van der Waals surface area contributed by atoms with Gasteiger partial charge in [-0.25, -0.2) is 0 Å². The van der Waals surface area contributed by atoms with Gasteiger partial charge < -0.3 is 11.1 Å². The van der Waals surface area contributed by atoms with Crippen LogP contribution in [0.2, 0.25) is 0 Å². The number of amides is 1. The van der Waals surface area contributed by atoms with E-state index >= 15 is 0 Å². The molecule has 0 spiro atoms. The fourth-order valence-corrected chi connectivity index (χ4v) is 1.45. The Kier molecular flexibility index (Phi) is 4.68. The molecule has 1 atom stereocenters. The van der Waals surface area contributed by atoms with Crippen molar-refractivity contribution >= 4 is 5.91 Å². The van der Waals surface area contributed by atoms with Crippen molar-refractivity contribution in [3.8, 4) is 6.07 Å². The fraction of sp³-hybridized carbons (Fsp3) is 0.385. The van der Waals surface area contributed by atoms with E-state index in [1.165, 1.54) is 0 Å². The van der Waals surface area contributed by atoms with Crippen LogP contribution in [-0.4, -0.2) is 18.5 Å². The molecule has 90 valence electrons. The Labute approximate surface area is 101 Å². The summed E-state index contributed by atoms with van der Waals surface area (Å²) >= 11 is 0. The van der Waals surface area contributed by atoms with Crippen LogP contribution in [0, 0.1) is 17.2 Å². The van der Waals surface area contributed by atoms with E-state index in [1.807, 2.05) is 19.9 Å². The Hall–Kier alpha value is -1.86. The molecular weight excluding hydrogens is 214 g/mol. The van der Waals surface area contributed by atoms with Crippen LogP contribution in [-0.2, 0) is 0 Å². The molecule has 0 radical (unpaired) electrons. The number of nitriles is 1. The van der Waals surface area contributed by atoms with E-state index in [4.69, 9.17) is 11.0 Å². The molecule has 0 fully saturated rings. The second kappa shape index (κ2) is 6.02. The smallest absolute Gasteiger partial charge is 0.251 e. The highest BCUT2D eigenvalue weighted by Crippen LogP contribution is 2.05. The van der Waals surface area contributed by atoms with Crippen LogP contribution in [0.1, 0.15) is 29.8 Å². The van der Waals surface area contributed by atoms with Gasteiger partial charge in [-0.15, -0.1) is 0 Å². The van der Waals surface area contributed by atoms with Gasteiger partial charge in [-0.2, -0.15) is 5.26 Å². The van der Waals surface area contributed by atoms with E-state index in [-0.39, 0.29) is 11.9 Å². The highest BCUT2D eigenvalue weighted by atomic mass is 16.1. The van der Waals surface area contributed by atoms with Gasteiger partial charge in [0.05, 0.1) is 11.6 Å². The molecule has 0 aromatic heterocycles. The van der Waals surface area contributed by atoms with Gasteiger partial charge in [0.2, 0.25) is 0 Å². The highest BCUT2D eigenvalue weighted by Gasteiger charge is 2.15. The average molecular weight is 231 g/mol. The van der Waals surface area contributed by atoms with Gasteiger partial charge in [0, 0.05) is 18.2 Å². The Morgan fingerprint density at radius 2 is 2.00 bits per heavy atom. The highest BCUT2D eigenvalue weighted by molar-refractivity contribution is 5.94. The zero-order valence-electron chi connectivity index (χ0n) is 10.1. The van der Waals surface area contributed by atoms with Gasteiger partial charge in [-0.05, 0) is 30.2 Å². The first-order chi connectivity index (χ1) is 8.08. The minimum absolute atomic E-state index is 0.0295. The first-order valence-corrected chi connectivity index (χ1v) is 5.59. The SMILES string of the molecule is CC(C)C(CN)NC(=O)c1ccc(C#N)cc1. The number of nitrogens with two attached hydrogens (primary N) is 1. The first-order valence-electron chi connectivity index (χ1n) is 5.59. The van der Waals surface area contributed by atoms with Crippen molar-refractivity contribution in [2.45, 2.75) is 19.9 Å². The molecule has 0 bridgehead atoms. The number of rotatable bonds is 4. The Morgan fingerprint density at radius 1 is 1.41 bits per heavy atom. The quantitative estimate of drug-likeness (QED) is 0.819. The molecule has 4 heteroatoms. The number of nitrogens with one attached hydrogen (secondary N) is 1. The molecule has 4 nitrogen and oxygen atoms in total. The summed E-state index contributed by atoms with van der Waals surface area (Å²) in [6.07, 6.45) is 0. The molecule has 1 amide bonds. The lowest BCUT2D eigenvalue weighted by atomic mass is 10.0. The van der Waals surface area contributed by atoms with E-state index in [1.54, 1.807) is 24.3 Å². The Morgan fingerprint density at radius 3 is 2.41 bits per heavy atom. The molecule has 1 aromatic rings. The molecular formula is C13H17N3O. The fourth-order valence-electron chi connectivity index (χ4n) is 1.45. The van der Waals surface area contributed by atoms with Gasteiger partial charge in [-0.3, -0.25) is 4.79 Å². The van der Waals surface area contributed by atoms with Crippen molar-refractivity contribution in [2.75, 3.05) is 6.54 Å². The second-order valence-electron chi connectivity index (χ2n) is 4.25. The molecule has 0 saturated heterocycles. The van der Waals surface area contributed by atoms with Crippen molar-refractivity contribution < 1.29 is 4.79 Å². The van der Waals surface area contributed by atoms with E-state index in [2.05, 4.69) is 5.32 Å². The molecule has 1 rings (SSSR count). The number of carbonyl (C=O) groups excluding carboxylic acids is 1. The third kappa shape index (κ3) is 3.58. The minimum atomic E-state index is -0.154. The van der Waals surface area contributed by atoms with Crippen LogP contribution in [0.5, 0.6) is 0 Å². The predicted molar refractivity (Wildman–Crippen MR) is 66.3 cm³/mol. The van der Waals surface area contributed by atoms with Gasteiger partial charge in [0.1, 0.15) is 0 Å². The summed E-state index contributed by atoms with van der Waals surface area (Å²) in [6, 6.07) is 8.52. The molecule has 1 unspecified atom stereocenters. The van der Waals surface area contributed by atoms with Crippen molar-refractivity contribution in [1.29, 1.82) is 5.26 Å². The van der Waals surface area contributed by atoms with Gasteiger partial charge in [-0.1, -0.05) is 13.8 Å². The molecule has 0 aliphatic rings. The standard InChI is InChI=1S/C13H17N3O/c1-9(2)12(8-15)16-13(17)11-5-3-10(7-14)4-6-11/h3-6,9,12H,8,15H2,1-2H3,(H,16,17). The molecule has 0 heterocycles. The van der Waals surface area contributed by atoms with Crippen LogP contribution in [0.25, 0.3) is 0 Å². The summed E-state index contributed by atoms with van der Waals surface area (Å²) in [5, 5.41) is 11.5. The lowest BCUT2D eigenvalue weighted by molar-refractivity contribution is 0.0928. The lowest BCUT2D eigenvalue weighted by Crippen LogP contribution is -2.43. The van der Waals surface area contributed by atoms with Gasteiger partial charge in [0.15, 0.2) is 0 Å². The lowest BCUT2D eigenvalue weighted by Gasteiger charge is -2.20. The number of hydrogen-bond donors (Lipinski definition) is 2. The van der Waals surface area contributed by atoms with Crippen molar-refractivity contribution in [3.63, 3.8) is 0 Å². The molecule has 17 heavy (non-hydrogen) atoms. The Balaban J connectivity index is 2.73. The normalized spacial score (nSPS) is 11.9. The first kappa shape index (κ1) is 13.2. The molecule has 0 aliphatic carbocycles. The van der Waals surface area contributed by atoms with Crippen LogP contribution in [0.3, 0.4) is 0 Å². The van der Waals surface area contributed by atoms with Crippen LogP contribution in [0.4, 0.5) is 0 Å². The van der Waals surface area contributed by atoms with E-state index in [0.717, 1.165) is 0 Å². The monoisotopic (exact) mass is 231 g/mol. The summed E-state index contributed by atoms with van der Waals surface area (Å²) < 4.78 is 0. The van der Waals surface area contributed by atoms with Crippen LogP contribution < -0.4 is 11.1 Å². The topological polar surface area (TPSA) is 78.9 Å². The van der Waals surface area contributed by atoms with Crippen molar-refractivity contribution in [3.05, 3.63) is 35.4 Å². The summed E-state index contributed by atoms with van der Waals surface area (Å²) in [5.74, 6) is 0.140. The zero-order chi connectivity index (χ0) is 12.8. The van der Waals surface area contributed by atoms with Crippen molar-refractivity contribution in [2.24, 2.45) is 11.7 Å². The van der Waals surface area contributed by atoms with Crippen LogP contribution in [0.15, 0.2) is 24.3 Å². The predicted octanol–water partition coefficient (Wildman–Crippen LogP) is 1.27. The van der Waals surface area contributed by atoms with Crippen molar-refractivity contribution in [1.82, 2.24) is 5.32 Å². The van der Waals surface area contributed by atoms with E-state index in [9.17, 15) is 4.79 Å². The van der Waals surface area contributed by atoms with Gasteiger partial charge in [0.25, 0.3) is 5.91 Å².